The number of hydrogen-bond acceptors (Lipinski definition) is 4. The van der Waals surface area contributed by atoms with E-state index < -0.39 is 23.7 Å². The van der Waals surface area contributed by atoms with E-state index in [9.17, 15) is 14.4 Å². The molecule has 0 spiro atoms. The van der Waals surface area contributed by atoms with Crippen LogP contribution < -0.4 is 0 Å². The third-order valence-electron chi connectivity index (χ3n) is 6.92. The lowest BCUT2D eigenvalue weighted by Gasteiger charge is -2.38. The first-order valence-electron chi connectivity index (χ1n) is 11.2. The highest BCUT2D eigenvalue weighted by Gasteiger charge is 2.48. The number of carbonyl (C=O) groups excluding carboxylic acids is 3. The van der Waals surface area contributed by atoms with Crippen LogP contribution in [0.1, 0.15) is 49.9 Å². The number of Topliss-reactive ketones (excluding diaryl/α,β-unsaturated/α-hetero) is 1. The minimum atomic E-state index is -0.822. The van der Waals surface area contributed by atoms with Crippen LogP contribution in [-0.4, -0.2) is 29.7 Å². The van der Waals surface area contributed by atoms with Crippen molar-refractivity contribution in [1.82, 2.24) is 4.90 Å². The molecule has 0 N–H and O–H groups in total. The number of hydrogen-bond donors (Lipinski definition) is 0. The van der Waals surface area contributed by atoms with Gasteiger partial charge in [0.05, 0.1) is 31.0 Å². The van der Waals surface area contributed by atoms with Crippen LogP contribution in [0.2, 0.25) is 0 Å². The molecule has 1 amide bonds. The van der Waals surface area contributed by atoms with Gasteiger partial charge in [0.15, 0.2) is 5.78 Å². The summed E-state index contributed by atoms with van der Waals surface area (Å²) in [4.78, 5) is 41.4. The van der Waals surface area contributed by atoms with Gasteiger partial charge in [0.25, 0.3) is 0 Å². The van der Waals surface area contributed by atoms with E-state index >= 15 is 0 Å². The summed E-state index contributed by atoms with van der Waals surface area (Å²) in [5, 5.41) is 0. The standard InChI is InChI=1S/C27H29NO4/c1-17-16-21(24(27(31)32-3)18(2)25(17)29)26(30)28-22(19-10-6-4-7-11-19)14-15-23(28)20-12-8-5-9-13-20/h4-13,16,18,21-24H,14-15H2,1-3H3/t18-,21-,22+,23+,24+/m0/s1. The summed E-state index contributed by atoms with van der Waals surface area (Å²) < 4.78 is 5.02. The first kappa shape index (κ1) is 22.0. The summed E-state index contributed by atoms with van der Waals surface area (Å²) in [6, 6.07) is 19.9. The van der Waals surface area contributed by atoms with Crippen LogP contribution in [0.15, 0.2) is 72.3 Å². The van der Waals surface area contributed by atoms with Gasteiger partial charge in [-0.2, -0.15) is 0 Å². The largest absolute Gasteiger partial charge is 0.469 e. The maximum atomic E-state index is 14.2. The molecule has 0 radical (unpaired) electrons. The van der Waals surface area contributed by atoms with Gasteiger partial charge >= 0.3 is 5.97 Å². The number of methoxy groups -OCH3 is 1. The highest BCUT2D eigenvalue weighted by molar-refractivity contribution is 6.03. The summed E-state index contributed by atoms with van der Waals surface area (Å²) >= 11 is 0. The van der Waals surface area contributed by atoms with E-state index in [2.05, 4.69) is 0 Å². The van der Waals surface area contributed by atoms with E-state index in [-0.39, 0.29) is 23.8 Å². The molecule has 1 aliphatic carbocycles. The lowest BCUT2D eigenvalue weighted by Crippen LogP contribution is -2.47. The Hall–Kier alpha value is -3.21. The Morgan fingerprint density at radius 3 is 1.88 bits per heavy atom. The van der Waals surface area contributed by atoms with Crippen molar-refractivity contribution in [2.45, 2.75) is 38.8 Å². The minimum absolute atomic E-state index is 0.0890. The fourth-order valence-electron chi connectivity index (χ4n) is 5.30. The van der Waals surface area contributed by atoms with Crippen LogP contribution in [0.25, 0.3) is 0 Å². The number of benzene rings is 2. The number of ether oxygens (including phenoxy) is 1. The second kappa shape index (κ2) is 9.11. The van der Waals surface area contributed by atoms with Gasteiger partial charge in [0.2, 0.25) is 5.91 Å². The third kappa shape index (κ3) is 3.88. The minimum Gasteiger partial charge on any atom is -0.469 e. The van der Waals surface area contributed by atoms with Gasteiger partial charge in [-0.15, -0.1) is 0 Å². The number of esters is 1. The maximum absolute atomic E-state index is 14.2. The zero-order chi connectivity index (χ0) is 22.8. The Morgan fingerprint density at radius 2 is 1.41 bits per heavy atom. The zero-order valence-electron chi connectivity index (χ0n) is 18.7. The van der Waals surface area contributed by atoms with Gasteiger partial charge in [-0.3, -0.25) is 14.4 Å². The number of rotatable bonds is 4. The Kier molecular flexibility index (Phi) is 6.26. The summed E-state index contributed by atoms with van der Waals surface area (Å²) in [6.45, 7) is 3.44. The molecule has 0 unspecified atom stereocenters. The van der Waals surface area contributed by atoms with Crippen molar-refractivity contribution in [3.8, 4) is 0 Å². The van der Waals surface area contributed by atoms with Gasteiger partial charge in [-0.25, -0.2) is 0 Å². The average Bonchev–Trinajstić information content (AvgIpc) is 3.27. The molecule has 5 heteroatoms. The van der Waals surface area contributed by atoms with Crippen LogP contribution in [-0.2, 0) is 19.1 Å². The Balaban J connectivity index is 1.78. The van der Waals surface area contributed by atoms with Gasteiger partial charge in [-0.1, -0.05) is 73.7 Å². The van der Waals surface area contributed by atoms with Crippen LogP contribution >= 0.6 is 0 Å². The highest BCUT2D eigenvalue weighted by atomic mass is 16.5. The van der Waals surface area contributed by atoms with Crippen LogP contribution in [0.4, 0.5) is 0 Å². The molecule has 0 bridgehead atoms. The Bertz CT molecular complexity index is 983. The van der Waals surface area contributed by atoms with Crippen molar-refractivity contribution in [3.05, 3.63) is 83.4 Å². The topological polar surface area (TPSA) is 63.7 Å². The average molecular weight is 432 g/mol. The number of carbonyl (C=O) groups is 3. The number of allylic oxidation sites excluding steroid dienone is 1. The van der Waals surface area contributed by atoms with Crippen molar-refractivity contribution in [2.75, 3.05) is 7.11 Å². The predicted octanol–water partition coefficient (Wildman–Crippen LogP) is 4.66. The monoisotopic (exact) mass is 431 g/mol. The van der Waals surface area contributed by atoms with E-state index in [0.29, 0.717) is 5.57 Å². The molecule has 166 valence electrons. The first-order chi connectivity index (χ1) is 15.4. The third-order valence-corrected chi connectivity index (χ3v) is 6.92. The van der Waals surface area contributed by atoms with Gasteiger partial charge < -0.3 is 9.64 Å². The fourth-order valence-corrected chi connectivity index (χ4v) is 5.30. The molecule has 0 aromatic heterocycles. The molecule has 1 fully saturated rings. The van der Waals surface area contributed by atoms with Crippen LogP contribution in [0, 0.1) is 17.8 Å². The Morgan fingerprint density at radius 1 is 0.906 bits per heavy atom. The SMILES string of the molecule is COC(=O)[C@@H]1[C@H](C)C(=O)C(C)=C[C@@H]1C(=O)N1[C@@H](c2ccccc2)CC[C@@H]1c1ccccc1. The molecule has 2 aliphatic rings. The number of nitrogens with zero attached hydrogens (tertiary/aromatic N) is 1. The molecule has 5 atom stereocenters. The molecule has 1 aliphatic heterocycles. The fraction of sp³-hybridized carbons (Fsp3) is 0.370. The molecular weight excluding hydrogens is 402 g/mol. The summed E-state index contributed by atoms with van der Waals surface area (Å²) in [5.74, 6) is -2.90. The lowest BCUT2D eigenvalue weighted by atomic mass is 9.72. The number of likely N-dealkylation sites (tertiary alicyclic amines) is 1. The summed E-state index contributed by atoms with van der Waals surface area (Å²) in [7, 11) is 1.31. The van der Waals surface area contributed by atoms with E-state index in [4.69, 9.17) is 4.74 Å². The summed E-state index contributed by atoms with van der Waals surface area (Å²) in [5.41, 5.74) is 2.69. The van der Waals surface area contributed by atoms with Crippen molar-refractivity contribution >= 4 is 17.7 Å². The van der Waals surface area contributed by atoms with Gasteiger partial charge in [0.1, 0.15) is 0 Å². The lowest BCUT2D eigenvalue weighted by molar-refractivity contribution is -0.157. The van der Waals surface area contributed by atoms with E-state index in [0.717, 1.165) is 24.0 Å². The molecule has 5 nitrogen and oxygen atoms in total. The zero-order valence-corrected chi connectivity index (χ0v) is 18.7. The molecule has 2 aromatic rings. The smallest absolute Gasteiger partial charge is 0.310 e. The normalized spacial score (nSPS) is 27.7. The van der Waals surface area contributed by atoms with Crippen LogP contribution in [0.5, 0.6) is 0 Å². The maximum Gasteiger partial charge on any atom is 0.310 e. The number of ketones is 1. The second-order valence-corrected chi connectivity index (χ2v) is 8.75. The number of amides is 1. The van der Waals surface area contributed by atoms with Crippen molar-refractivity contribution in [3.63, 3.8) is 0 Å². The van der Waals surface area contributed by atoms with Crippen molar-refractivity contribution in [2.24, 2.45) is 17.8 Å². The van der Waals surface area contributed by atoms with Gasteiger partial charge in [-0.05, 0) is 36.5 Å². The van der Waals surface area contributed by atoms with E-state index in [1.54, 1.807) is 19.9 Å². The van der Waals surface area contributed by atoms with Crippen molar-refractivity contribution in [1.29, 1.82) is 0 Å². The van der Waals surface area contributed by atoms with Crippen LogP contribution in [0.3, 0.4) is 0 Å². The molecular formula is C27H29NO4. The first-order valence-corrected chi connectivity index (χ1v) is 11.2. The quantitative estimate of drug-likeness (QED) is 0.661. The highest BCUT2D eigenvalue weighted by Crippen LogP contribution is 2.46. The predicted molar refractivity (Wildman–Crippen MR) is 121 cm³/mol. The molecule has 2 aromatic carbocycles. The van der Waals surface area contributed by atoms with E-state index in [1.807, 2.05) is 65.6 Å². The summed E-state index contributed by atoms with van der Waals surface area (Å²) in [6.07, 6.45) is 3.35. The van der Waals surface area contributed by atoms with Crippen molar-refractivity contribution < 1.29 is 19.1 Å². The second-order valence-electron chi connectivity index (χ2n) is 8.75. The van der Waals surface area contributed by atoms with E-state index in [1.165, 1.54) is 7.11 Å². The van der Waals surface area contributed by atoms with Gasteiger partial charge in [0, 0.05) is 5.92 Å². The molecule has 1 heterocycles. The molecule has 32 heavy (non-hydrogen) atoms. The molecule has 0 saturated carbocycles. The molecule has 1 saturated heterocycles. The Labute approximate surface area is 189 Å². The molecule has 4 rings (SSSR count).